The van der Waals surface area contributed by atoms with Crippen LogP contribution in [0.2, 0.25) is 10.0 Å². The third kappa shape index (κ3) is 5.43. The predicted molar refractivity (Wildman–Crippen MR) is 124 cm³/mol. The van der Waals surface area contributed by atoms with Crippen molar-refractivity contribution in [3.63, 3.8) is 0 Å². The second kappa shape index (κ2) is 9.65. The number of hydrogen-bond acceptors (Lipinski definition) is 3. The standard InChI is InChI=1S/C25H18Cl2N2O2/c26-21-7-4-20(24(27)15-21)16-31-23-10-5-19(6-11-23)25(30)12-3-18-1-8-22(9-2-18)29-14-13-28-17-29/h1-15,17H,16H2/b12-3+. The topological polar surface area (TPSA) is 44.1 Å². The van der Waals surface area contributed by atoms with Gasteiger partial charge in [0, 0.05) is 39.3 Å². The summed E-state index contributed by atoms with van der Waals surface area (Å²) in [5, 5.41) is 1.14. The van der Waals surface area contributed by atoms with E-state index in [0.29, 0.717) is 28.0 Å². The van der Waals surface area contributed by atoms with Crippen molar-refractivity contribution in [1.29, 1.82) is 0 Å². The van der Waals surface area contributed by atoms with Crippen LogP contribution in [0.15, 0.2) is 91.5 Å². The first-order chi connectivity index (χ1) is 15.1. The van der Waals surface area contributed by atoms with E-state index in [2.05, 4.69) is 4.98 Å². The van der Waals surface area contributed by atoms with Crippen molar-refractivity contribution in [2.75, 3.05) is 0 Å². The molecule has 3 aromatic carbocycles. The molecular formula is C25H18Cl2N2O2. The number of allylic oxidation sites excluding steroid dienone is 1. The summed E-state index contributed by atoms with van der Waals surface area (Å²) < 4.78 is 7.68. The number of rotatable bonds is 7. The van der Waals surface area contributed by atoms with Gasteiger partial charge >= 0.3 is 0 Å². The fourth-order valence-electron chi connectivity index (χ4n) is 2.95. The molecule has 6 heteroatoms. The highest BCUT2D eigenvalue weighted by Gasteiger charge is 2.05. The van der Waals surface area contributed by atoms with Gasteiger partial charge in [0.15, 0.2) is 5.78 Å². The van der Waals surface area contributed by atoms with Gasteiger partial charge in [-0.2, -0.15) is 0 Å². The van der Waals surface area contributed by atoms with Gasteiger partial charge in [0.2, 0.25) is 0 Å². The maximum Gasteiger partial charge on any atom is 0.185 e. The molecule has 4 nitrogen and oxygen atoms in total. The number of ketones is 1. The van der Waals surface area contributed by atoms with Crippen LogP contribution in [0.5, 0.6) is 5.75 Å². The van der Waals surface area contributed by atoms with Gasteiger partial charge in [0.1, 0.15) is 12.4 Å². The Hall–Kier alpha value is -3.34. The van der Waals surface area contributed by atoms with Crippen LogP contribution in [-0.4, -0.2) is 15.3 Å². The molecule has 0 spiro atoms. The lowest BCUT2D eigenvalue weighted by Gasteiger charge is -2.08. The molecule has 0 aliphatic rings. The van der Waals surface area contributed by atoms with Gasteiger partial charge in [0.05, 0.1) is 6.33 Å². The molecule has 0 amide bonds. The fraction of sp³-hybridized carbons (Fsp3) is 0.0400. The molecular weight excluding hydrogens is 431 g/mol. The molecule has 0 unspecified atom stereocenters. The highest BCUT2D eigenvalue weighted by atomic mass is 35.5. The van der Waals surface area contributed by atoms with Gasteiger partial charge in [-0.3, -0.25) is 4.79 Å². The van der Waals surface area contributed by atoms with Crippen molar-refractivity contribution in [3.8, 4) is 11.4 Å². The predicted octanol–water partition coefficient (Wildman–Crippen LogP) is 6.65. The minimum absolute atomic E-state index is 0.0778. The van der Waals surface area contributed by atoms with E-state index < -0.39 is 0 Å². The molecule has 0 N–H and O–H groups in total. The molecule has 4 rings (SSSR count). The molecule has 31 heavy (non-hydrogen) atoms. The molecule has 0 bridgehead atoms. The average molecular weight is 449 g/mol. The molecule has 4 aromatic rings. The van der Waals surface area contributed by atoms with Crippen molar-refractivity contribution in [2.45, 2.75) is 6.61 Å². The largest absolute Gasteiger partial charge is 0.489 e. The Balaban J connectivity index is 1.35. The summed E-state index contributed by atoms with van der Waals surface area (Å²) in [5.74, 6) is 0.576. The molecule has 154 valence electrons. The van der Waals surface area contributed by atoms with E-state index in [1.807, 2.05) is 41.1 Å². The first-order valence-corrected chi connectivity index (χ1v) is 10.3. The number of imidazole rings is 1. The zero-order chi connectivity index (χ0) is 21.6. The van der Waals surface area contributed by atoms with Gasteiger partial charge in [-0.15, -0.1) is 0 Å². The molecule has 0 aliphatic carbocycles. The van der Waals surface area contributed by atoms with Crippen molar-refractivity contribution in [2.24, 2.45) is 0 Å². The monoisotopic (exact) mass is 448 g/mol. The van der Waals surface area contributed by atoms with E-state index in [-0.39, 0.29) is 5.78 Å². The van der Waals surface area contributed by atoms with E-state index in [9.17, 15) is 4.79 Å². The van der Waals surface area contributed by atoms with Crippen LogP contribution in [0.25, 0.3) is 11.8 Å². The van der Waals surface area contributed by atoms with Crippen molar-refractivity contribution >= 4 is 35.1 Å². The summed E-state index contributed by atoms with van der Waals surface area (Å²) in [6.45, 7) is 0.318. The first-order valence-electron chi connectivity index (χ1n) is 9.56. The highest BCUT2D eigenvalue weighted by Crippen LogP contribution is 2.23. The number of ether oxygens (including phenoxy) is 1. The van der Waals surface area contributed by atoms with Gasteiger partial charge < -0.3 is 9.30 Å². The van der Waals surface area contributed by atoms with Crippen LogP contribution >= 0.6 is 23.2 Å². The number of benzene rings is 3. The fourth-order valence-corrected chi connectivity index (χ4v) is 3.42. The molecule has 1 aromatic heterocycles. The van der Waals surface area contributed by atoms with Crippen molar-refractivity contribution < 1.29 is 9.53 Å². The third-order valence-electron chi connectivity index (χ3n) is 4.67. The van der Waals surface area contributed by atoms with Gasteiger partial charge in [-0.25, -0.2) is 4.98 Å². The average Bonchev–Trinajstić information content (AvgIpc) is 3.33. The Kier molecular flexibility index (Phi) is 6.51. The van der Waals surface area contributed by atoms with Crippen LogP contribution in [0.4, 0.5) is 0 Å². The van der Waals surface area contributed by atoms with Crippen LogP contribution in [-0.2, 0) is 6.61 Å². The first kappa shape index (κ1) is 20.9. The number of carbonyl (C=O) groups excluding carboxylic acids is 1. The molecule has 0 aliphatic heterocycles. The van der Waals surface area contributed by atoms with Crippen LogP contribution < -0.4 is 4.74 Å². The third-order valence-corrected chi connectivity index (χ3v) is 5.26. The maximum atomic E-state index is 12.5. The van der Waals surface area contributed by atoms with Gasteiger partial charge in [-0.1, -0.05) is 47.5 Å². The molecule has 0 fully saturated rings. The number of aromatic nitrogens is 2. The number of halogens is 2. The summed E-state index contributed by atoms with van der Waals surface area (Å²) in [7, 11) is 0. The SMILES string of the molecule is O=C(/C=C/c1ccc(-n2ccnc2)cc1)c1ccc(OCc2ccc(Cl)cc2Cl)cc1. The van der Waals surface area contributed by atoms with E-state index in [1.54, 1.807) is 61.1 Å². The number of carbonyl (C=O) groups is 1. The lowest BCUT2D eigenvalue weighted by atomic mass is 10.1. The summed E-state index contributed by atoms with van der Waals surface area (Å²) in [4.78, 5) is 16.5. The summed E-state index contributed by atoms with van der Waals surface area (Å²) in [6.07, 6.45) is 8.72. The Morgan fingerprint density at radius 1 is 1.00 bits per heavy atom. The molecule has 0 saturated heterocycles. The Bertz CT molecular complexity index is 1200. The van der Waals surface area contributed by atoms with Crippen LogP contribution in [0.3, 0.4) is 0 Å². The normalized spacial score (nSPS) is 11.0. The van der Waals surface area contributed by atoms with Gasteiger partial charge in [-0.05, 0) is 60.2 Å². The second-order valence-electron chi connectivity index (χ2n) is 6.81. The van der Waals surface area contributed by atoms with Crippen LogP contribution in [0, 0.1) is 0 Å². The summed E-state index contributed by atoms with van der Waals surface area (Å²) >= 11 is 12.1. The van der Waals surface area contributed by atoms with E-state index >= 15 is 0 Å². The minimum atomic E-state index is -0.0778. The smallest absolute Gasteiger partial charge is 0.185 e. The zero-order valence-corrected chi connectivity index (χ0v) is 17.9. The molecule has 1 heterocycles. The molecule has 0 radical (unpaired) electrons. The Morgan fingerprint density at radius 2 is 1.77 bits per heavy atom. The minimum Gasteiger partial charge on any atom is -0.489 e. The summed E-state index contributed by atoms with van der Waals surface area (Å²) in [5.41, 5.74) is 3.38. The van der Waals surface area contributed by atoms with E-state index in [4.69, 9.17) is 27.9 Å². The quantitative estimate of drug-likeness (QED) is 0.234. The lowest BCUT2D eigenvalue weighted by molar-refractivity contribution is 0.104. The number of nitrogens with zero attached hydrogens (tertiary/aromatic N) is 2. The van der Waals surface area contributed by atoms with E-state index in [1.165, 1.54) is 0 Å². The number of hydrogen-bond donors (Lipinski definition) is 0. The van der Waals surface area contributed by atoms with Crippen LogP contribution in [0.1, 0.15) is 21.5 Å². The van der Waals surface area contributed by atoms with Crippen molar-refractivity contribution in [1.82, 2.24) is 9.55 Å². The maximum absolute atomic E-state index is 12.5. The van der Waals surface area contributed by atoms with Gasteiger partial charge in [0.25, 0.3) is 0 Å². The van der Waals surface area contributed by atoms with Crippen molar-refractivity contribution in [3.05, 3.63) is 118 Å². The Morgan fingerprint density at radius 3 is 2.45 bits per heavy atom. The zero-order valence-electron chi connectivity index (χ0n) is 16.4. The van der Waals surface area contributed by atoms with E-state index in [0.717, 1.165) is 16.8 Å². The lowest BCUT2D eigenvalue weighted by Crippen LogP contribution is -1.98. The Labute approximate surface area is 190 Å². The summed E-state index contributed by atoms with van der Waals surface area (Å²) in [6, 6.07) is 20.2. The second-order valence-corrected chi connectivity index (χ2v) is 7.65. The highest BCUT2D eigenvalue weighted by molar-refractivity contribution is 6.35. The molecule has 0 atom stereocenters. The molecule has 0 saturated carbocycles.